The van der Waals surface area contributed by atoms with Crippen LogP contribution in [0.4, 0.5) is 5.69 Å². The minimum atomic E-state index is -0.302. The number of ether oxygens (including phenoxy) is 7. The van der Waals surface area contributed by atoms with E-state index in [0.29, 0.717) is 84.8 Å². The zero-order valence-electron chi connectivity index (χ0n) is 21.8. The average molecular weight is 500 g/mol. The van der Waals surface area contributed by atoms with E-state index in [1.165, 1.54) is 0 Å². The van der Waals surface area contributed by atoms with Gasteiger partial charge in [-0.25, -0.2) is 4.79 Å². The van der Waals surface area contributed by atoms with Crippen LogP contribution in [0, 0.1) is 0 Å². The summed E-state index contributed by atoms with van der Waals surface area (Å²) in [7, 11) is 1.98. The van der Waals surface area contributed by atoms with Gasteiger partial charge >= 0.3 is 5.97 Å². The fourth-order valence-electron chi connectivity index (χ4n) is 2.85. The van der Waals surface area contributed by atoms with Gasteiger partial charge in [0.15, 0.2) is 0 Å². The smallest absolute Gasteiger partial charge is 0.338 e. The van der Waals surface area contributed by atoms with Crippen molar-refractivity contribution in [3.63, 3.8) is 0 Å². The van der Waals surface area contributed by atoms with Crippen LogP contribution < -0.4 is 4.90 Å². The number of rotatable bonds is 24. The Balaban J connectivity index is 1.84. The second-order valence-corrected chi connectivity index (χ2v) is 7.72. The lowest BCUT2D eigenvalue weighted by Gasteiger charge is -2.19. The molecule has 9 nitrogen and oxygen atoms in total. The Morgan fingerprint density at radius 3 is 1.51 bits per heavy atom. The average Bonchev–Trinajstić information content (AvgIpc) is 2.87. The lowest BCUT2D eigenvalue weighted by atomic mass is 10.2. The Kier molecular flexibility index (Phi) is 20.3. The van der Waals surface area contributed by atoms with Gasteiger partial charge in [-0.15, -0.1) is 0 Å². The van der Waals surface area contributed by atoms with Crippen molar-refractivity contribution in [2.24, 2.45) is 0 Å². The molecule has 0 N–H and O–H groups in total. The van der Waals surface area contributed by atoms with Gasteiger partial charge < -0.3 is 38.1 Å². The molecule has 0 spiro atoms. The molecule has 1 aromatic rings. The molecule has 0 aliphatic rings. The Morgan fingerprint density at radius 2 is 1.09 bits per heavy atom. The minimum absolute atomic E-state index is 0.302. The molecule has 35 heavy (non-hydrogen) atoms. The van der Waals surface area contributed by atoms with Gasteiger partial charge in [-0.05, 0) is 37.6 Å². The molecule has 9 heteroatoms. The van der Waals surface area contributed by atoms with E-state index in [1.807, 2.05) is 19.2 Å². The zero-order valence-corrected chi connectivity index (χ0v) is 21.8. The van der Waals surface area contributed by atoms with Crippen molar-refractivity contribution in [3.05, 3.63) is 29.8 Å². The summed E-state index contributed by atoms with van der Waals surface area (Å²) in [6.45, 7) is 12.0. The van der Waals surface area contributed by atoms with E-state index in [0.717, 1.165) is 31.7 Å². The Bertz CT molecular complexity index is 614. The third kappa shape index (κ3) is 17.3. The van der Waals surface area contributed by atoms with Crippen LogP contribution in [0.25, 0.3) is 0 Å². The topological polar surface area (TPSA) is 84.9 Å². The van der Waals surface area contributed by atoms with Crippen molar-refractivity contribution in [1.29, 1.82) is 0 Å². The minimum Gasteiger partial charge on any atom is -0.462 e. The predicted octanol–water partition coefficient (Wildman–Crippen LogP) is 3.20. The summed E-state index contributed by atoms with van der Waals surface area (Å²) in [5.74, 6) is -0.302. The molecule has 0 aliphatic carbocycles. The lowest BCUT2D eigenvalue weighted by molar-refractivity contribution is -0.0165. The van der Waals surface area contributed by atoms with Gasteiger partial charge in [0.1, 0.15) is 0 Å². The van der Waals surface area contributed by atoms with Crippen LogP contribution in [-0.4, -0.2) is 105 Å². The number of nitrogens with zero attached hydrogens (tertiary/aromatic N) is 1. The second-order valence-electron chi connectivity index (χ2n) is 7.72. The van der Waals surface area contributed by atoms with Crippen LogP contribution in [0.15, 0.2) is 24.3 Å². The molecule has 0 saturated carbocycles. The van der Waals surface area contributed by atoms with Crippen molar-refractivity contribution in [2.45, 2.75) is 26.7 Å². The van der Waals surface area contributed by atoms with Crippen LogP contribution in [0.5, 0.6) is 0 Å². The molecule has 1 rings (SSSR count). The first kappa shape index (κ1) is 31.3. The maximum Gasteiger partial charge on any atom is 0.338 e. The highest BCUT2D eigenvalue weighted by atomic mass is 16.6. The molecule has 0 fully saturated rings. The molecule has 0 saturated heterocycles. The summed E-state index contributed by atoms with van der Waals surface area (Å²) in [5.41, 5.74) is 1.57. The van der Waals surface area contributed by atoms with Gasteiger partial charge in [0.25, 0.3) is 0 Å². The summed E-state index contributed by atoms with van der Waals surface area (Å²) in [4.78, 5) is 13.8. The first-order chi connectivity index (χ1) is 17.2. The van der Waals surface area contributed by atoms with Crippen LogP contribution in [0.1, 0.15) is 37.0 Å². The van der Waals surface area contributed by atoms with Gasteiger partial charge in [0.05, 0.1) is 84.8 Å². The molecule has 202 valence electrons. The SMILES string of the molecule is CCCCOCCOCCOCCOCCOCCOCCN(C)c1ccc(C(=O)OCC)cc1. The Labute approximate surface area is 210 Å². The molecule has 1 aromatic carbocycles. The number of hydrogen-bond donors (Lipinski definition) is 0. The van der Waals surface area contributed by atoms with E-state index in [9.17, 15) is 4.79 Å². The van der Waals surface area contributed by atoms with Crippen molar-refractivity contribution in [2.75, 3.05) is 104 Å². The molecule has 0 atom stereocenters. The largest absolute Gasteiger partial charge is 0.462 e. The van der Waals surface area contributed by atoms with E-state index >= 15 is 0 Å². The van der Waals surface area contributed by atoms with E-state index in [1.54, 1.807) is 19.1 Å². The van der Waals surface area contributed by atoms with E-state index < -0.39 is 0 Å². The van der Waals surface area contributed by atoms with Crippen LogP contribution in [0.2, 0.25) is 0 Å². The quantitative estimate of drug-likeness (QED) is 0.157. The molecule has 0 heterocycles. The van der Waals surface area contributed by atoms with Gasteiger partial charge in [-0.1, -0.05) is 13.3 Å². The van der Waals surface area contributed by atoms with Gasteiger partial charge in [0.2, 0.25) is 0 Å². The molecule has 0 aromatic heterocycles. The number of carbonyl (C=O) groups is 1. The number of unbranched alkanes of at least 4 members (excludes halogenated alkanes) is 1. The molecule has 0 bridgehead atoms. The third-order valence-corrected chi connectivity index (χ3v) is 4.89. The molecule has 0 aliphatic heterocycles. The molecule has 0 amide bonds. The van der Waals surface area contributed by atoms with Gasteiger partial charge in [-0.3, -0.25) is 0 Å². The number of esters is 1. The number of carbonyl (C=O) groups excluding carboxylic acids is 1. The predicted molar refractivity (Wildman–Crippen MR) is 135 cm³/mol. The third-order valence-electron chi connectivity index (χ3n) is 4.89. The number of hydrogen-bond acceptors (Lipinski definition) is 9. The van der Waals surface area contributed by atoms with Crippen molar-refractivity contribution >= 4 is 11.7 Å². The van der Waals surface area contributed by atoms with E-state index in [2.05, 4.69) is 11.8 Å². The highest BCUT2D eigenvalue weighted by Gasteiger charge is 2.07. The van der Waals surface area contributed by atoms with E-state index in [4.69, 9.17) is 33.2 Å². The monoisotopic (exact) mass is 499 g/mol. The molecular formula is C26H45NO8. The Hall–Kier alpha value is -1.75. The van der Waals surface area contributed by atoms with Crippen LogP contribution >= 0.6 is 0 Å². The maximum absolute atomic E-state index is 11.7. The number of anilines is 1. The maximum atomic E-state index is 11.7. The fourth-order valence-corrected chi connectivity index (χ4v) is 2.85. The standard InChI is InChI=1S/C26H45NO8/c1-4-6-12-29-14-16-31-18-20-33-22-23-34-21-19-32-17-15-30-13-11-27(3)25-9-7-24(8-10-25)26(28)35-5-2/h7-10H,4-6,11-23H2,1-3H3. The lowest BCUT2D eigenvalue weighted by Crippen LogP contribution is -2.23. The van der Waals surface area contributed by atoms with Gasteiger partial charge in [0, 0.05) is 25.9 Å². The summed E-state index contributed by atoms with van der Waals surface area (Å²) < 4.78 is 37.9. The Morgan fingerprint density at radius 1 is 0.657 bits per heavy atom. The highest BCUT2D eigenvalue weighted by Crippen LogP contribution is 2.14. The highest BCUT2D eigenvalue weighted by molar-refractivity contribution is 5.89. The second kappa shape index (κ2) is 22.7. The summed E-state index contributed by atoms with van der Waals surface area (Å²) in [6, 6.07) is 7.35. The summed E-state index contributed by atoms with van der Waals surface area (Å²) in [5, 5.41) is 0. The van der Waals surface area contributed by atoms with Crippen molar-refractivity contribution in [3.8, 4) is 0 Å². The van der Waals surface area contributed by atoms with E-state index in [-0.39, 0.29) is 5.97 Å². The summed E-state index contributed by atoms with van der Waals surface area (Å²) >= 11 is 0. The van der Waals surface area contributed by atoms with Crippen molar-refractivity contribution in [1.82, 2.24) is 0 Å². The first-order valence-corrected chi connectivity index (χ1v) is 12.6. The number of likely N-dealkylation sites (N-methyl/N-ethyl adjacent to an activating group) is 1. The number of benzene rings is 1. The first-order valence-electron chi connectivity index (χ1n) is 12.6. The van der Waals surface area contributed by atoms with Crippen molar-refractivity contribution < 1.29 is 38.0 Å². The molecule has 0 radical (unpaired) electrons. The summed E-state index contributed by atoms with van der Waals surface area (Å²) in [6.07, 6.45) is 2.24. The fraction of sp³-hybridized carbons (Fsp3) is 0.731. The molecule has 0 unspecified atom stereocenters. The normalized spacial score (nSPS) is 11.1. The van der Waals surface area contributed by atoms with Crippen LogP contribution in [-0.2, 0) is 33.2 Å². The zero-order chi connectivity index (χ0) is 25.4. The molecular weight excluding hydrogens is 454 g/mol. The van der Waals surface area contributed by atoms with Gasteiger partial charge in [-0.2, -0.15) is 0 Å². The van der Waals surface area contributed by atoms with Crippen LogP contribution in [0.3, 0.4) is 0 Å².